The average molecular weight is 352 g/mol. The van der Waals surface area contributed by atoms with E-state index in [1.165, 1.54) is 0 Å². The summed E-state index contributed by atoms with van der Waals surface area (Å²) in [5.74, 6) is 0.00236. The van der Waals surface area contributed by atoms with E-state index in [0.29, 0.717) is 18.8 Å². The molecule has 3 aromatic rings. The minimum Gasteiger partial charge on any atom is -0.368 e. The largest absolute Gasteiger partial charge is 0.368 e. The number of nitrogens with zero attached hydrogens (tertiary/aromatic N) is 3. The van der Waals surface area contributed by atoms with Crippen LogP contribution in [0.1, 0.15) is 10.5 Å². The van der Waals surface area contributed by atoms with E-state index in [0.717, 1.165) is 34.6 Å². The Morgan fingerprint density at radius 2 is 1.76 bits per heavy atom. The van der Waals surface area contributed by atoms with Gasteiger partial charge in [0.25, 0.3) is 5.91 Å². The minimum atomic E-state index is 0.00236. The molecule has 0 atom stereocenters. The van der Waals surface area contributed by atoms with Crippen molar-refractivity contribution in [3.8, 4) is 0 Å². The lowest BCUT2D eigenvalue weighted by Gasteiger charge is -2.36. The molecule has 4 rings (SSSR count). The number of carbonyl (C=O) groups excluding carboxylic acids is 1. The van der Waals surface area contributed by atoms with Gasteiger partial charge in [0, 0.05) is 48.5 Å². The van der Waals surface area contributed by atoms with Crippen molar-refractivity contribution in [2.75, 3.05) is 31.1 Å². The van der Waals surface area contributed by atoms with Crippen LogP contribution < -0.4 is 4.90 Å². The van der Waals surface area contributed by atoms with Crippen molar-refractivity contribution in [2.45, 2.75) is 0 Å². The summed E-state index contributed by atoms with van der Waals surface area (Å²) in [7, 11) is 0. The van der Waals surface area contributed by atoms with Gasteiger partial charge in [0.05, 0.1) is 0 Å². The van der Waals surface area contributed by atoms with Crippen LogP contribution in [0.15, 0.2) is 60.8 Å². The zero-order chi connectivity index (χ0) is 17.2. The number of hydrogen-bond donors (Lipinski definition) is 0. The first-order valence-electron chi connectivity index (χ1n) is 8.36. The van der Waals surface area contributed by atoms with Gasteiger partial charge in [-0.15, -0.1) is 0 Å². The van der Waals surface area contributed by atoms with Crippen LogP contribution in [0, 0.1) is 0 Å². The maximum Gasteiger partial charge on any atom is 0.273 e. The van der Waals surface area contributed by atoms with Crippen LogP contribution >= 0.6 is 11.6 Å². The second-order valence-corrected chi connectivity index (χ2v) is 6.58. The summed E-state index contributed by atoms with van der Waals surface area (Å²) in [6, 6.07) is 17.7. The molecular formula is C20H18ClN3O. The molecule has 1 fully saturated rings. The zero-order valence-corrected chi connectivity index (χ0v) is 14.5. The Hall–Kier alpha value is -2.59. The van der Waals surface area contributed by atoms with Gasteiger partial charge in [-0.2, -0.15) is 0 Å². The molecule has 1 aliphatic heterocycles. The van der Waals surface area contributed by atoms with E-state index in [2.05, 4.69) is 16.0 Å². The summed E-state index contributed by atoms with van der Waals surface area (Å²) in [4.78, 5) is 21.4. The van der Waals surface area contributed by atoms with Crippen molar-refractivity contribution < 1.29 is 4.79 Å². The number of halogens is 1. The molecule has 4 nitrogen and oxygen atoms in total. The Labute approximate surface area is 151 Å². The summed E-state index contributed by atoms with van der Waals surface area (Å²) in [5, 5.41) is 2.68. The second kappa shape index (κ2) is 6.73. The summed E-state index contributed by atoms with van der Waals surface area (Å²) >= 11 is 6.08. The average Bonchev–Trinajstić information content (AvgIpc) is 2.67. The number of benzene rings is 2. The zero-order valence-electron chi connectivity index (χ0n) is 13.7. The second-order valence-electron chi connectivity index (χ2n) is 6.14. The number of piperazine rings is 1. The third-order valence-corrected chi connectivity index (χ3v) is 4.85. The monoisotopic (exact) mass is 351 g/mol. The lowest BCUT2D eigenvalue weighted by molar-refractivity contribution is 0.0743. The highest BCUT2D eigenvalue weighted by Crippen LogP contribution is 2.22. The summed E-state index contributed by atoms with van der Waals surface area (Å²) in [6.07, 6.45) is 1.71. The highest BCUT2D eigenvalue weighted by Gasteiger charge is 2.24. The Morgan fingerprint density at radius 1 is 0.960 bits per heavy atom. The van der Waals surface area contributed by atoms with E-state index >= 15 is 0 Å². The number of fused-ring (bicyclic) bond motifs is 1. The number of carbonyl (C=O) groups is 1. The van der Waals surface area contributed by atoms with Gasteiger partial charge in [0.15, 0.2) is 0 Å². The maximum absolute atomic E-state index is 12.9. The van der Waals surface area contributed by atoms with E-state index in [1.54, 1.807) is 6.20 Å². The fraction of sp³-hybridized carbons (Fsp3) is 0.200. The molecule has 1 aromatic heterocycles. The first-order chi connectivity index (χ1) is 12.2. The highest BCUT2D eigenvalue weighted by atomic mass is 35.5. The van der Waals surface area contributed by atoms with Gasteiger partial charge in [0.1, 0.15) is 5.69 Å². The molecule has 0 spiro atoms. The molecule has 0 unspecified atom stereocenters. The Balaban J connectivity index is 1.51. The van der Waals surface area contributed by atoms with E-state index in [1.807, 2.05) is 53.4 Å². The van der Waals surface area contributed by atoms with Crippen molar-refractivity contribution in [1.82, 2.24) is 9.88 Å². The summed E-state index contributed by atoms with van der Waals surface area (Å²) in [5.41, 5.74) is 1.64. The Bertz CT molecular complexity index is 914. The van der Waals surface area contributed by atoms with Crippen LogP contribution in [-0.2, 0) is 0 Å². The summed E-state index contributed by atoms with van der Waals surface area (Å²) < 4.78 is 0. The molecular weight excluding hydrogens is 334 g/mol. The first kappa shape index (κ1) is 15.9. The Kier molecular flexibility index (Phi) is 4.28. The lowest BCUT2D eigenvalue weighted by Crippen LogP contribution is -2.49. The number of aromatic nitrogens is 1. The van der Waals surface area contributed by atoms with Crippen LogP contribution in [0.25, 0.3) is 10.8 Å². The molecule has 0 radical (unpaired) electrons. The molecule has 126 valence electrons. The fourth-order valence-electron chi connectivity index (χ4n) is 3.28. The lowest BCUT2D eigenvalue weighted by atomic mass is 10.1. The number of amides is 1. The standard InChI is InChI=1S/C20H18ClN3O/c21-16-5-3-6-17(14-16)23-10-12-24(13-11-23)20(25)19-18-7-2-1-4-15(18)8-9-22-19/h1-9,14H,10-13H2. The van der Waals surface area contributed by atoms with Crippen LogP contribution in [0.2, 0.25) is 5.02 Å². The van der Waals surface area contributed by atoms with Crippen molar-refractivity contribution in [3.05, 3.63) is 71.5 Å². The summed E-state index contributed by atoms with van der Waals surface area (Å²) in [6.45, 7) is 2.93. The number of rotatable bonds is 2. The predicted octanol–water partition coefficient (Wildman–Crippen LogP) is 3.85. The van der Waals surface area contributed by atoms with Crippen LogP contribution in [0.3, 0.4) is 0 Å². The molecule has 0 aliphatic carbocycles. The molecule has 0 bridgehead atoms. The third-order valence-electron chi connectivity index (χ3n) is 4.62. The van der Waals surface area contributed by atoms with Gasteiger partial charge in [-0.1, -0.05) is 41.9 Å². The van der Waals surface area contributed by atoms with E-state index in [-0.39, 0.29) is 5.91 Å². The molecule has 5 heteroatoms. The normalized spacial score (nSPS) is 14.8. The van der Waals surface area contributed by atoms with E-state index < -0.39 is 0 Å². The molecule has 0 N–H and O–H groups in total. The fourth-order valence-corrected chi connectivity index (χ4v) is 3.46. The molecule has 1 amide bonds. The number of hydrogen-bond acceptors (Lipinski definition) is 3. The number of pyridine rings is 1. The molecule has 25 heavy (non-hydrogen) atoms. The van der Waals surface area contributed by atoms with E-state index in [9.17, 15) is 4.79 Å². The van der Waals surface area contributed by atoms with Gasteiger partial charge in [-0.25, -0.2) is 0 Å². The smallest absolute Gasteiger partial charge is 0.273 e. The highest BCUT2D eigenvalue weighted by molar-refractivity contribution is 6.30. The van der Waals surface area contributed by atoms with Gasteiger partial charge in [0.2, 0.25) is 0 Å². The molecule has 1 aliphatic rings. The van der Waals surface area contributed by atoms with E-state index in [4.69, 9.17) is 11.6 Å². The van der Waals surface area contributed by atoms with Gasteiger partial charge in [-0.3, -0.25) is 9.78 Å². The van der Waals surface area contributed by atoms with Crippen LogP contribution in [0.5, 0.6) is 0 Å². The predicted molar refractivity (Wildman–Crippen MR) is 101 cm³/mol. The number of anilines is 1. The molecule has 0 saturated carbocycles. The third kappa shape index (κ3) is 3.17. The van der Waals surface area contributed by atoms with Crippen LogP contribution in [0.4, 0.5) is 5.69 Å². The minimum absolute atomic E-state index is 0.00236. The molecule has 2 aromatic carbocycles. The van der Waals surface area contributed by atoms with Gasteiger partial charge in [-0.05, 0) is 29.7 Å². The Morgan fingerprint density at radius 3 is 2.56 bits per heavy atom. The molecule has 1 saturated heterocycles. The van der Waals surface area contributed by atoms with Crippen molar-refractivity contribution in [1.29, 1.82) is 0 Å². The molecule has 2 heterocycles. The quantitative estimate of drug-likeness (QED) is 0.703. The first-order valence-corrected chi connectivity index (χ1v) is 8.74. The van der Waals surface area contributed by atoms with Crippen molar-refractivity contribution in [3.63, 3.8) is 0 Å². The van der Waals surface area contributed by atoms with Crippen molar-refractivity contribution in [2.24, 2.45) is 0 Å². The maximum atomic E-state index is 12.9. The van der Waals surface area contributed by atoms with Gasteiger partial charge < -0.3 is 9.80 Å². The van der Waals surface area contributed by atoms with Crippen molar-refractivity contribution >= 4 is 34.0 Å². The van der Waals surface area contributed by atoms with Crippen LogP contribution in [-0.4, -0.2) is 42.0 Å². The van der Waals surface area contributed by atoms with Gasteiger partial charge >= 0.3 is 0 Å². The SMILES string of the molecule is O=C(c1nccc2ccccc12)N1CCN(c2cccc(Cl)c2)CC1. The topological polar surface area (TPSA) is 36.4 Å².